The van der Waals surface area contributed by atoms with Gasteiger partial charge in [0.2, 0.25) is 5.89 Å². The summed E-state index contributed by atoms with van der Waals surface area (Å²) in [6, 6.07) is 6.04. The smallest absolute Gasteiger partial charge is 0.246 e. The maximum Gasteiger partial charge on any atom is 0.246 e. The molecule has 7 heteroatoms. The molecule has 1 aromatic carbocycles. The van der Waals surface area contributed by atoms with Crippen molar-refractivity contribution in [1.29, 1.82) is 0 Å². The first-order chi connectivity index (χ1) is 11.7. The van der Waals surface area contributed by atoms with E-state index >= 15 is 0 Å². The summed E-state index contributed by atoms with van der Waals surface area (Å²) < 4.78 is 22.5. The van der Waals surface area contributed by atoms with Gasteiger partial charge in [0.05, 0.1) is 12.7 Å². The minimum absolute atomic E-state index is 0.00388. The Hall–Kier alpha value is -2.12. The molecule has 0 spiro atoms. The van der Waals surface area contributed by atoms with Crippen molar-refractivity contribution in [2.45, 2.75) is 32.5 Å². The lowest BCUT2D eigenvalue weighted by molar-refractivity contribution is -0.0763. The molecule has 3 heterocycles. The standard InChI is InChI=1S/C17H21N3O4/c1-11-16(17-18-12(2)19-24-17)20(5-6-21-11)10-13-3-4-14-15(9-13)23-8-7-22-14/h3-4,9,11,16H,5-8,10H2,1-2H3/t11-,16+/m1/s1. The summed E-state index contributed by atoms with van der Waals surface area (Å²) in [7, 11) is 0. The maximum atomic E-state index is 5.80. The molecule has 2 aliphatic rings. The van der Waals surface area contributed by atoms with Gasteiger partial charge < -0.3 is 18.7 Å². The molecule has 0 radical (unpaired) electrons. The quantitative estimate of drug-likeness (QED) is 0.853. The van der Waals surface area contributed by atoms with Crippen LogP contribution in [0.25, 0.3) is 0 Å². The Kier molecular flexibility index (Phi) is 4.12. The number of nitrogens with zero attached hydrogens (tertiary/aromatic N) is 3. The Balaban J connectivity index is 1.57. The molecule has 0 N–H and O–H groups in total. The van der Waals surface area contributed by atoms with Crippen LogP contribution in [0.1, 0.15) is 30.2 Å². The molecule has 1 fully saturated rings. The van der Waals surface area contributed by atoms with E-state index in [9.17, 15) is 0 Å². The fraction of sp³-hybridized carbons (Fsp3) is 0.529. The third kappa shape index (κ3) is 2.97. The molecular formula is C17H21N3O4. The van der Waals surface area contributed by atoms with E-state index in [-0.39, 0.29) is 12.1 Å². The molecule has 128 valence electrons. The van der Waals surface area contributed by atoms with Crippen molar-refractivity contribution in [2.75, 3.05) is 26.4 Å². The van der Waals surface area contributed by atoms with Crippen LogP contribution in [-0.2, 0) is 11.3 Å². The number of hydrogen-bond donors (Lipinski definition) is 0. The fourth-order valence-electron chi connectivity index (χ4n) is 3.27. The molecule has 1 aromatic heterocycles. The van der Waals surface area contributed by atoms with Crippen molar-refractivity contribution in [3.05, 3.63) is 35.5 Å². The Morgan fingerprint density at radius 3 is 2.79 bits per heavy atom. The van der Waals surface area contributed by atoms with Gasteiger partial charge in [-0.05, 0) is 31.5 Å². The zero-order valence-electron chi connectivity index (χ0n) is 13.9. The van der Waals surface area contributed by atoms with Gasteiger partial charge in [0.1, 0.15) is 19.3 Å². The van der Waals surface area contributed by atoms with Gasteiger partial charge in [0.25, 0.3) is 0 Å². The molecule has 4 rings (SSSR count). The summed E-state index contributed by atoms with van der Waals surface area (Å²) >= 11 is 0. The van der Waals surface area contributed by atoms with Crippen LogP contribution in [0.3, 0.4) is 0 Å². The van der Waals surface area contributed by atoms with E-state index in [1.165, 1.54) is 0 Å². The van der Waals surface area contributed by atoms with Crippen LogP contribution in [-0.4, -0.2) is 47.5 Å². The topological polar surface area (TPSA) is 69.9 Å². The summed E-state index contributed by atoms with van der Waals surface area (Å²) in [6.07, 6.45) is -0.00388. The molecule has 0 amide bonds. The number of aryl methyl sites for hydroxylation is 1. The van der Waals surface area contributed by atoms with Gasteiger partial charge in [-0.3, -0.25) is 4.90 Å². The average molecular weight is 331 g/mol. The van der Waals surface area contributed by atoms with Crippen molar-refractivity contribution in [1.82, 2.24) is 15.0 Å². The highest BCUT2D eigenvalue weighted by Crippen LogP contribution is 2.34. The first-order valence-electron chi connectivity index (χ1n) is 8.25. The normalized spacial score (nSPS) is 24.1. The summed E-state index contributed by atoms with van der Waals surface area (Å²) in [6.45, 7) is 7.32. The highest BCUT2D eigenvalue weighted by molar-refractivity contribution is 5.43. The van der Waals surface area contributed by atoms with Crippen molar-refractivity contribution < 1.29 is 18.7 Å². The molecule has 1 saturated heterocycles. The predicted molar refractivity (Wildman–Crippen MR) is 85.0 cm³/mol. The Labute approximate surface area is 140 Å². The van der Waals surface area contributed by atoms with Gasteiger partial charge in [-0.1, -0.05) is 11.2 Å². The number of fused-ring (bicyclic) bond motifs is 1. The number of rotatable bonds is 3. The van der Waals surface area contributed by atoms with Crippen molar-refractivity contribution in [3.8, 4) is 11.5 Å². The summed E-state index contributed by atoms with van der Waals surface area (Å²) in [5, 5.41) is 3.92. The lowest BCUT2D eigenvalue weighted by Gasteiger charge is -2.37. The van der Waals surface area contributed by atoms with Crippen LogP contribution in [0, 0.1) is 6.92 Å². The van der Waals surface area contributed by atoms with Crippen LogP contribution in [0.2, 0.25) is 0 Å². The van der Waals surface area contributed by atoms with E-state index in [4.69, 9.17) is 18.7 Å². The monoisotopic (exact) mass is 331 g/mol. The first kappa shape index (κ1) is 15.4. The minimum Gasteiger partial charge on any atom is -0.486 e. The van der Waals surface area contributed by atoms with Gasteiger partial charge in [-0.25, -0.2) is 0 Å². The summed E-state index contributed by atoms with van der Waals surface area (Å²) in [4.78, 5) is 6.71. The highest BCUT2D eigenvalue weighted by Gasteiger charge is 2.35. The van der Waals surface area contributed by atoms with Crippen molar-refractivity contribution in [2.24, 2.45) is 0 Å². The molecule has 7 nitrogen and oxygen atoms in total. The van der Waals surface area contributed by atoms with E-state index in [1.54, 1.807) is 0 Å². The number of ether oxygens (including phenoxy) is 3. The molecule has 0 bridgehead atoms. The number of hydrogen-bond acceptors (Lipinski definition) is 7. The summed E-state index contributed by atoms with van der Waals surface area (Å²) in [5.74, 6) is 2.87. The Bertz CT molecular complexity index is 718. The molecular weight excluding hydrogens is 310 g/mol. The van der Waals surface area contributed by atoms with Crippen LogP contribution in [0.4, 0.5) is 0 Å². The number of aromatic nitrogens is 2. The molecule has 2 atom stereocenters. The van der Waals surface area contributed by atoms with Gasteiger partial charge in [-0.15, -0.1) is 0 Å². The highest BCUT2D eigenvalue weighted by atomic mass is 16.6. The Morgan fingerprint density at radius 1 is 1.17 bits per heavy atom. The second-order valence-corrected chi connectivity index (χ2v) is 6.15. The molecule has 0 unspecified atom stereocenters. The number of benzene rings is 1. The van der Waals surface area contributed by atoms with Crippen LogP contribution < -0.4 is 9.47 Å². The SMILES string of the molecule is Cc1noc([C@@H]2[C@@H](C)OCCN2Cc2ccc3c(c2)OCCO3)n1. The lowest BCUT2D eigenvalue weighted by Crippen LogP contribution is -2.43. The van der Waals surface area contributed by atoms with E-state index in [1.807, 2.05) is 26.0 Å². The zero-order valence-corrected chi connectivity index (χ0v) is 13.9. The van der Waals surface area contributed by atoms with Gasteiger partial charge in [-0.2, -0.15) is 4.98 Å². The van der Waals surface area contributed by atoms with Crippen molar-refractivity contribution in [3.63, 3.8) is 0 Å². The van der Waals surface area contributed by atoms with E-state index in [0.29, 0.717) is 31.5 Å². The largest absolute Gasteiger partial charge is 0.486 e. The van der Waals surface area contributed by atoms with Crippen LogP contribution in [0.15, 0.2) is 22.7 Å². The Morgan fingerprint density at radius 2 is 2.00 bits per heavy atom. The van der Waals surface area contributed by atoms with Gasteiger partial charge in [0.15, 0.2) is 17.3 Å². The molecule has 0 aliphatic carbocycles. The first-order valence-corrected chi connectivity index (χ1v) is 8.25. The second kappa shape index (κ2) is 6.41. The molecule has 0 saturated carbocycles. The zero-order chi connectivity index (χ0) is 16.5. The van der Waals surface area contributed by atoms with Crippen LogP contribution in [0.5, 0.6) is 11.5 Å². The number of morpholine rings is 1. The van der Waals surface area contributed by atoms with E-state index in [0.717, 1.165) is 30.2 Å². The molecule has 2 aromatic rings. The van der Waals surface area contributed by atoms with Crippen LogP contribution >= 0.6 is 0 Å². The third-order valence-electron chi connectivity index (χ3n) is 4.39. The fourth-order valence-corrected chi connectivity index (χ4v) is 3.27. The predicted octanol–water partition coefficient (Wildman–Crippen LogP) is 2.11. The molecule has 2 aliphatic heterocycles. The molecule has 24 heavy (non-hydrogen) atoms. The second-order valence-electron chi connectivity index (χ2n) is 6.15. The van der Waals surface area contributed by atoms with E-state index in [2.05, 4.69) is 21.1 Å². The lowest BCUT2D eigenvalue weighted by atomic mass is 10.1. The summed E-state index contributed by atoms with van der Waals surface area (Å²) in [5.41, 5.74) is 1.16. The van der Waals surface area contributed by atoms with Crippen molar-refractivity contribution >= 4 is 0 Å². The van der Waals surface area contributed by atoms with Gasteiger partial charge >= 0.3 is 0 Å². The maximum absolute atomic E-state index is 5.80. The van der Waals surface area contributed by atoms with E-state index < -0.39 is 0 Å². The van der Waals surface area contributed by atoms with Gasteiger partial charge in [0, 0.05) is 13.1 Å². The average Bonchev–Trinajstić information content (AvgIpc) is 3.01. The third-order valence-corrected chi connectivity index (χ3v) is 4.39. The minimum atomic E-state index is -0.0480.